The molecule has 1 aromatic heterocycles. The van der Waals surface area contributed by atoms with E-state index in [9.17, 15) is 18.0 Å². The molecule has 0 aliphatic heterocycles. The van der Waals surface area contributed by atoms with Crippen molar-refractivity contribution >= 4 is 23.4 Å². The van der Waals surface area contributed by atoms with E-state index in [0.717, 1.165) is 47.5 Å². The maximum atomic E-state index is 12.9. The molecular weight excluding hydrogens is 465 g/mol. The second-order valence-corrected chi connectivity index (χ2v) is 8.37. The van der Waals surface area contributed by atoms with E-state index in [2.05, 4.69) is 22.1 Å². The van der Waals surface area contributed by atoms with Crippen molar-refractivity contribution in [1.82, 2.24) is 14.8 Å². The van der Waals surface area contributed by atoms with Gasteiger partial charge in [0.05, 0.1) is 17.9 Å². The number of alkyl halides is 3. The molecule has 6 nitrogen and oxygen atoms in total. The predicted molar refractivity (Wildman–Crippen MR) is 126 cm³/mol. The first-order valence-electron chi connectivity index (χ1n) is 10.6. The van der Waals surface area contributed by atoms with Crippen molar-refractivity contribution in [2.75, 3.05) is 17.7 Å². The number of aryl methyl sites for hydroxylation is 2. The van der Waals surface area contributed by atoms with Crippen LogP contribution in [0.15, 0.2) is 66.3 Å². The Kier molecular flexibility index (Phi) is 8.75. The number of carbonyl (C=O) groups excluding carboxylic acids is 1. The van der Waals surface area contributed by atoms with Gasteiger partial charge in [-0.25, -0.2) is 0 Å². The number of anilines is 1. The molecule has 0 radical (unpaired) electrons. The molecule has 1 amide bonds. The third-order valence-corrected chi connectivity index (χ3v) is 5.77. The average Bonchev–Trinajstić information content (AvgIpc) is 3.18. The summed E-state index contributed by atoms with van der Waals surface area (Å²) in [4.78, 5) is 12.3. The van der Waals surface area contributed by atoms with Gasteiger partial charge in [0.15, 0.2) is 5.16 Å². The van der Waals surface area contributed by atoms with E-state index < -0.39 is 17.6 Å². The van der Waals surface area contributed by atoms with E-state index in [0.29, 0.717) is 24.7 Å². The van der Waals surface area contributed by atoms with Gasteiger partial charge in [0.1, 0.15) is 11.6 Å². The number of hydrogen-bond donors (Lipinski definition) is 1. The molecular formula is C24H25F3N4O2S. The van der Waals surface area contributed by atoms with Gasteiger partial charge in [0.25, 0.3) is 0 Å². The van der Waals surface area contributed by atoms with Gasteiger partial charge in [-0.05, 0) is 43.2 Å². The molecule has 0 aliphatic carbocycles. The fraction of sp³-hybridized carbons (Fsp3) is 0.292. The second kappa shape index (κ2) is 11.7. The van der Waals surface area contributed by atoms with Crippen LogP contribution in [-0.2, 0) is 23.9 Å². The lowest BCUT2D eigenvalue weighted by atomic mass is 10.2. The van der Waals surface area contributed by atoms with Crippen LogP contribution in [0.2, 0.25) is 0 Å². The summed E-state index contributed by atoms with van der Waals surface area (Å²) in [5, 5.41) is 11.4. The Labute approximate surface area is 200 Å². The number of hydrogen-bond acceptors (Lipinski definition) is 5. The molecule has 0 bridgehead atoms. The van der Waals surface area contributed by atoms with Gasteiger partial charge in [-0.15, -0.1) is 16.8 Å². The summed E-state index contributed by atoms with van der Waals surface area (Å²) in [7, 11) is 0. The molecule has 1 N–H and O–H groups in total. The topological polar surface area (TPSA) is 69.0 Å². The Bertz CT molecular complexity index is 1130. The lowest BCUT2D eigenvalue weighted by Gasteiger charge is -2.11. The van der Waals surface area contributed by atoms with Gasteiger partial charge in [0, 0.05) is 18.7 Å². The van der Waals surface area contributed by atoms with Gasteiger partial charge >= 0.3 is 6.18 Å². The van der Waals surface area contributed by atoms with Crippen LogP contribution in [-0.4, -0.2) is 33.0 Å². The van der Waals surface area contributed by atoms with Crippen LogP contribution in [0.4, 0.5) is 18.9 Å². The van der Waals surface area contributed by atoms with Crippen LogP contribution in [0.1, 0.15) is 23.4 Å². The summed E-state index contributed by atoms with van der Waals surface area (Å²) in [6.07, 6.45) is -1.41. The Morgan fingerprint density at radius 1 is 1.21 bits per heavy atom. The molecule has 0 atom stereocenters. The van der Waals surface area contributed by atoms with Crippen molar-refractivity contribution in [1.29, 1.82) is 0 Å². The second-order valence-electron chi connectivity index (χ2n) is 7.43. The number of nitrogens with zero attached hydrogens (tertiary/aromatic N) is 3. The number of halogens is 3. The number of amides is 1. The minimum atomic E-state index is -4.47. The molecule has 0 aliphatic rings. The summed E-state index contributed by atoms with van der Waals surface area (Å²) < 4.78 is 46.3. The van der Waals surface area contributed by atoms with Gasteiger partial charge in [-0.3, -0.25) is 4.79 Å². The molecule has 2 aromatic carbocycles. The maximum absolute atomic E-state index is 12.9. The fourth-order valence-electron chi connectivity index (χ4n) is 3.15. The fourth-order valence-corrected chi connectivity index (χ4v) is 3.92. The zero-order valence-electron chi connectivity index (χ0n) is 18.6. The molecule has 1 heterocycles. The van der Waals surface area contributed by atoms with Gasteiger partial charge < -0.3 is 14.6 Å². The Morgan fingerprint density at radius 2 is 2.00 bits per heavy atom. The van der Waals surface area contributed by atoms with Gasteiger partial charge in [-0.1, -0.05) is 42.1 Å². The molecule has 3 rings (SSSR count). The summed E-state index contributed by atoms with van der Waals surface area (Å²) in [6.45, 7) is 6.74. The highest BCUT2D eigenvalue weighted by atomic mass is 32.2. The highest BCUT2D eigenvalue weighted by Crippen LogP contribution is 2.30. The number of ether oxygens (including phenoxy) is 1. The quantitative estimate of drug-likeness (QED) is 0.217. The minimum absolute atomic E-state index is 0.0259. The van der Waals surface area contributed by atoms with Crippen LogP contribution in [0.5, 0.6) is 5.75 Å². The number of thioether (sulfide) groups is 1. The van der Waals surface area contributed by atoms with Crippen molar-refractivity contribution in [3.8, 4) is 5.75 Å². The zero-order valence-corrected chi connectivity index (χ0v) is 19.5. The van der Waals surface area contributed by atoms with Crippen LogP contribution in [0.25, 0.3) is 0 Å². The summed E-state index contributed by atoms with van der Waals surface area (Å²) in [6, 6.07) is 12.3. The first kappa shape index (κ1) is 25.4. The van der Waals surface area contributed by atoms with E-state index >= 15 is 0 Å². The van der Waals surface area contributed by atoms with E-state index in [1.54, 1.807) is 6.08 Å². The van der Waals surface area contributed by atoms with Crippen LogP contribution in [0.3, 0.4) is 0 Å². The molecule has 34 heavy (non-hydrogen) atoms. The van der Waals surface area contributed by atoms with Crippen molar-refractivity contribution in [3.63, 3.8) is 0 Å². The summed E-state index contributed by atoms with van der Waals surface area (Å²) in [5.41, 5.74) is 0.335. The monoisotopic (exact) mass is 490 g/mol. The first-order valence-corrected chi connectivity index (χ1v) is 11.6. The molecule has 0 unspecified atom stereocenters. The predicted octanol–water partition coefficient (Wildman–Crippen LogP) is 5.53. The van der Waals surface area contributed by atoms with E-state index in [1.807, 2.05) is 35.8 Å². The standard InChI is InChI=1S/C24H25F3N4O2S/c1-3-13-31-21(12-7-14-33-20-11-5-4-8-17(20)2)29-30-23(31)34-16-22(32)28-19-10-6-9-18(15-19)24(25,26)27/h3-6,8-11,15H,1,7,12-14,16H2,2H3,(H,28,32). The third kappa shape index (κ3) is 7.11. The zero-order chi connectivity index (χ0) is 24.6. The van der Waals surface area contributed by atoms with E-state index in [4.69, 9.17) is 4.74 Å². The smallest absolute Gasteiger partial charge is 0.416 e. The minimum Gasteiger partial charge on any atom is -0.493 e. The number of rotatable bonds is 11. The van der Waals surface area contributed by atoms with Crippen molar-refractivity contribution in [2.24, 2.45) is 0 Å². The Hall–Kier alpha value is -3.27. The largest absolute Gasteiger partial charge is 0.493 e. The number of benzene rings is 2. The van der Waals surface area contributed by atoms with E-state index in [-0.39, 0.29) is 11.4 Å². The lowest BCUT2D eigenvalue weighted by Crippen LogP contribution is -2.15. The van der Waals surface area contributed by atoms with Crippen LogP contribution in [0, 0.1) is 6.92 Å². The molecule has 180 valence electrons. The Balaban J connectivity index is 1.54. The molecule has 0 saturated carbocycles. The number of aromatic nitrogens is 3. The lowest BCUT2D eigenvalue weighted by molar-refractivity contribution is -0.137. The first-order chi connectivity index (χ1) is 16.3. The van der Waals surface area contributed by atoms with Crippen LogP contribution < -0.4 is 10.1 Å². The number of carbonyl (C=O) groups is 1. The number of allylic oxidation sites excluding steroid dienone is 1. The molecule has 10 heteroatoms. The van der Waals surface area contributed by atoms with Gasteiger partial charge in [-0.2, -0.15) is 13.2 Å². The normalized spacial score (nSPS) is 11.3. The highest BCUT2D eigenvalue weighted by molar-refractivity contribution is 7.99. The summed E-state index contributed by atoms with van der Waals surface area (Å²) >= 11 is 1.16. The number of nitrogens with one attached hydrogen (secondary N) is 1. The maximum Gasteiger partial charge on any atom is 0.416 e. The molecule has 0 saturated heterocycles. The van der Waals surface area contributed by atoms with Gasteiger partial charge in [0.2, 0.25) is 5.91 Å². The van der Waals surface area contributed by atoms with Crippen molar-refractivity contribution in [3.05, 3.63) is 78.1 Å². The Morgan fingerprint density at radius 3 is 2.74 bits per heavy atom. The molecule has 0 spiro atoms. The number of para-hydroxylation sites is 1. The highest BCUT2D eigenvalue weighted by Gasteiger charge is 2.30. The van der Waals surface area contributed by atoms with Crippen molar-refractivity contribution < 1.29 is 22.7 Å². The van der Waals surface area contributed by atoms with Crippen molar-refractivity contribution in [2.45, 2.75) is 37.6 Å². The van der Waals surface area contributed by atoms with E-state index in [1.165, 1.54) is 12.1 Å². The third-order valence-electron chi connectivity index (χ3n) is 4.81. The van der Waals surface area contributed by atoms with Crippen LogP contribution >= 0.6 is 11.8 Å². The molecule has 3 aromatic rings. The summed E-state index contributed by atoms with van der Waals surface area (Å²) in [5.74, 6) is 1.12. The molecule has 0 fully saturated rings. The SMILES string of the molecule is C=CCn1c(CCCOc2ccccc2C)nnc1SCC(=O)Nc1cccc(C(F)(F)F)c1. The average molecular weight is 491 g/mol.